The van der Waals surface area contributed by atoms with Crippen LogP contribution in [-0.2, 0) is 12.6 Å². The van der Waals surface area contributed by atoms with Crippen LogP contribution in [0.15, 0.2) is 24.3 Å². The molecule has 20 heavy (non-hydrogen) atoms. The molecule has 3 atom stereocenters. The summed E-state index contributed by atoms with van der Waals surface area (Å²) in [6.07, 6.45) is 0.691. The summed E-state index contributed by atoms with van der Waals surface area (Å²) in [5.74, 6) is 0.975. The quantitative estimate of drug-likeness (QED) is 0.875. The second kappa shape index (κ2) is 6.17. The van der Waals surface area contributed by atoms with Crippen LogP contribution in [-0.4, -0.2) is 6.04 Å². The van der Waals surface area contributed by atoms with Gasteiger partial charge in [0.25, 0.3) is 0 Å². The zero-order valence-electron chi connectivity index (χ0n) is 11.8. The minimum atomic E-state index is -4.27. The van der Waals surface area contributed by atoms with Gasteiger partial charge in [0.2, 0.25) is 0 Å². The van der Waals surface area contributed by atoms with Crippen molar-refractivity contribution in [1.82, 2.24) is 0 Å². The van der Waals surface area contributed by atoms with Crippen molar-refractivity contribution in [2.45, 2.75) is 51.2 Å². The number of hydrogen-bond donors (Lipinski definition) is 1. The largest absolute Gasteiger partial charge is 0.416 e. The molecule has 1 aromatic rings. The Labute approximate surface area is 118 Å². The SMILES string of the molecule is CCC1CCC(N)C(Cc2cccc(C(F)(F)F)c2)C1. The molecule has 4 heteroatoms. The van der Waals surface area contributed by atoms with Crippen molar-refractivity contribution in [2.75, 3.05) is 0 Å². The van der Waals surface area contributed by atoms with Crippen molar-refractivity contribution >= 4 is 0 Å². The molecule has 0 aliphatic heterocycles. The van der Waals surface area contributed by atoms with E-state index in [1.54, 1.807) is 6.07 Å². The molecule has 112 valence electrons. The van der Waals surface area contributed by atoms with Crippen LogP contribution in [0.3, 0.4) is 0 Å². The van der Waals surface area contributed by atoms with E-state index in [4.69, 9.17) is 5.73 Å². The maximum absolute atomic E-state index is 12.7. The molecule has 0 saturated heterocycles. The van der Waals surface area contributed by atoms with Crippen molar-refractivity contribution in [3.63, 3.8) is 0 Å². The summed E-state index contributed by atoms with van der Waals surface area (Å²) in [5, 5.41) is 0. The van der Waals surface area contributed by atoms with E-state index in [9.17, 15) is 13.2 Å². The van der Waals surface area contributed by atoms with Gasteiger partial charge >= 0.3 is 6.18 Å². The van der Waals surface area contributed by atoms with Crippen LogP contribution in [0.4, 0.5) is 13.2 Å². The predicted octanol–water partition coefficient (Wildman–Crippen LogP) is 4.40. The van der Waals surface area contributed by atoms with Crippen LogP contribution in [0.5, 0.6) is 0 Å². The maximum atomic E-state index is 12.7. The first-order valence-electron chi connectivity index (χ1n) is 7.32. The van der Waals surface area contributed by atoms with E-state index in [-0.39, 0.29) is 6.04 Å². The molecule has 0 amide bonds. The highest BCUT2D eigenvalue weighted by atomic mass is 19.4. The normalized spacial score (nSPS) is 27.6. The molecule has 1 aliphatic rings. The van der Waals surface area contributed by atoms with Gasteiger partial charge < -0.3 is 5.73 Å². The van der Waals surface area contributed by atoms with Crippen molar-refractivity contribution < 1.29 is 13.2 Å². The molecule has 3 unspecified atom stereocenters. The zero-order chi connectivity index (χ0) is 14.8. The number of alkyl halides is 3. The van der Waals surface area contributed by atoms with Crippen molar-refractivity contribution in [2.24, 2.45) is 17.6 Å². The molecule has 1 nitrogen and oxygen atoms in total. The monoisotopic (exact) mass is 285 g/mol. The van der Waals surface area contributed by atoms with Gasteiger partial charge in [-0.25, -0.2) is 0 Å². The highest BCUT2D eigenvalue weighted by molar-refractivity contribution is 5.26. The summed E-state index contributed by atoms with van der Waals surface area (Å²) in [4.78, 5) is 0. The number of rotatable bonds is 3. The Morgan fingerprint density at radius 1 is 1.25 bits per heavy atom. The summed E-state index contributed by atoms with van der Waals surface area (Å²) >= 11 is 0. The lowest BCUT2D eigenvalue weighted by atomic mass is 9.75. The van der Waals surface area contributed by atoms with Crippen LogP contribution >= 0.6 is 0 Å². The minimum Gasteiger partial charge on any atom is -0.327 e. The Morgan fingerprint density at radius 3 is 2.65 bits per heavy atom. The Kier molecular flexibility index (Phi) is 4.74. The topological polar surface area (TPSA) is 26.0 Å². The number of nitrogens with two attached hydrogens (primary N) is 1. The van der Waals surface area contributed by atoms with Gasteiger partial charge in [-0.3, -0.25) is 0 Å². The summed E-state index contributed by atoms with van der Waals surface area (Å²) < 4.78 is 38.1. The molecule has 0 bridgehead atoms. The standard InChI is InChI=1S/C16H22F3N/c1-2-11-6-7-15(20)13(8-11)9-12-4-3-5-14(10-12)16(17,18)19/h3-5,10-11,13,15H,2,6-9,20H2,1H3. The summed E-state index contributed by atoms with van der Waals surface area (Å²) in [5.41, 5.74) is 6.33. The van der Waals surface area contributed by atoms with Crippen LogP contribution in [0.2, 0.25) is 0 Å². The summed E-state index contributed by atoms with van der Waals surface area (Å²) in [7, 11) is 0. The lowest BCUT2D eigenvalue weighted by molar-refractivity contribution is -0.137. The van der Waals surface area contributed by atoms with E-state index < -0.39 is 11.7 Å². The number of hydrogen-bond acceptors (Lipinski definition) is 1. The Morgan fingerprint density at radius 2 is 2.00 bits per heavy atom. The fourth-order valence-corrected chi connectivity index (χ4v) is 3.17. The van der Waals surface area contributed by atoms with Gasteiger partial charge in [-0.1, -0.05) is 31.5 Å². The minimum absolute atomic E-state index is 0.118. The van der Waals surface area contributed by atoms with Gasteiger partial charge in [0, 0.05) is 6.04 Å². The Balaban J connectivity index is 2.09. The number of halogens is 3. The zero-order valence-corrected chi connectivity index (χ0v) is 11.8. The second-order valence-electron chi connectivity index (χ2n) is 5.91. The third-order valence-corrected chi connectivity index (χ3v) is 4.48. The van der Waals surface area contributed by atoms with Crippen LogP contribution in [0, 0.1) is 11.8 Å². The average Bonchev–Trinajstić information content (AvgIpc) is 2.41. The van der Waals surface area contributed by atoms with Gasteiger partial charge in [-0.05, 0) is 49.1 Å². The molecule has 0 heterocycles. The van der Waals surface area contributed by atoms with E-state index in [0.29, 0.717) is 18.3 Å². The maximum Gasteiger partial charge on any atom is 0.416 e. The molecule has 1 fully saturated rings. The second-order valence-corrected chi connectivity index (χ2v) is 5.91. The lowest BCUT2D eigenvalue weighted by Crippen LogP contribution is -2.37. The van der Waals surface area contributed by atoms with Gasteiger partial charge in [-0.15, -0.1) is 0 Å². The molecule has 0 radical (unpaired) electrons. The smallest absolute Gasteiger partial charge is 0.327 e. The Bertz CT molecular complexity index is 442. The first-order valence-corrected chi connectivity index (χ1v) is 7.32. The van der Waals surface area contributed by atoms with Crippen molar-refractivity contribution in [3.05, 3.63) is 35.4 Å². The van der Waals surface area contributed by atoms with Gasteiger partial charge in [-0.2, -0.15) is 13.2 Å². The van der Waals surface area contributed by atoms with Gasteiger partial charge in [0.1, 0.15) is 0 Å². The third-order valence-electron chi connectivity index (χ3n) is 4.48. The van der Waals surface area contributed by atoms with E-state index in [1.165, 1.54) is 12.1 Å². The van der Waals surface area contributed by atoms with Crippen molar-refractivity contribution in [1.29, 1.82) is 0 Å². The van der Waals surface area contributed by atoms with Crippen LogP contribution < -0.4 is 5.73 Å². The van der Waals surface area contributed by atoms with E-state index >= 15 is 0 Å². The third kappa shape index (κ3) is 3.75. The van der Waals surface area contributed by atoms with Gasteiger partial charge in [0.15, 0.2) is 0 Å². The number of benzene rings is 1. The molecule has 0 aromatic heterocycles. The first kappa shape index (κ1) is 15.4. The highest BCUT2D eigenvalue weighted by Crippen LogP contribution is 2.34. The first-order chi connectivity index (χ1) is 9.40. The average molecular weight is 285 g/mol. The van der Waals surface area contributed by atoms with E-state index in [1.807, 2.05) is 0 Å². The van der Waals surface area contributed by atoms with E-state index in [2.05, 4.69) is 6.92 Å². The van der Waals surface area contributed by atoms with Crippen LogP contribution in [0.25, 0.3) is 0 Å². The Hall–Kier alpha value is -1.03. The van der Waals surface area contributed by atoms with Crippen LogP contribution in [0.1, 0.15) is 43.7 Å². The summed E-state index contributed by atoms with van der Waals surface area (Å²) in [6, 6.07) is 5.77. The van der Waals surface area contributed by atoms with E-state index in [0.717, 1.165) is 37.3 Å². The molecule has 1 saturated carbocycles. The molecule has 2 N–H and O–H groups in total. The molecular weight excluding hydrogens is 263 g/mol. The predicted molar refractivity (Wildman–Crippen MR) is 74.2 cm³/mol. The van der Waals surface area contributed by atoms with Gasteiger partial charge in [0.05, 0.1) is 5.56 Å². The molecule has 1 aliphatic carbocycles. The molecule has 0 spiro atoms. The molecule has 1 aromatic carbocycles. The lowest BCUT2D eigenvalue weighted by Gasteiger charge is -2.34. The molecular formula is C16H22F3N. The highest BCUT2D eigenvalue weighted by Gasteiger charge is 2.31. The van der Waals surface area contributed by atoms with Crippen molar-refractivity contribution in [3.8, 4) is 0 Å². The fourth-order valence-electron chi connectivity index (χ4n) is 3.17. The molecule has 2 rings (SSSR count). The fraction of sp³-hybridized carbons (Fsp3) is 0.625. The summed E-state index contributed by atoms with van der Waals surface area (Å²) in [6.45, 7) is 2.17.